The number of esters is 1. The van der Waals surface area contributed by atoms with Crippen LogP contribution in [0.5, 0.6) is 11.5 Å². The van der Waals surface area contributed by atoms with E-state index in [9.17, 15) is 9.59 Å². The number of nitrogens with zero attached hydrogens (tertiary/aromatic N) is 3. The molecule has 1 saturated heterocycles. The van der Waals surface area contributed by atoms with Gasteiger partial charge in [-0.15, -0.1) is 0 Å². The van der Waals surface area contributed by atoms with E-state index in [-0.39, 0.29) is 12.0 Å². The van der Waals surface area contributed by atoms with Gasteiger partial charge in [-0.25, -0.2) is 9.59 Å². The molecule has 9 heteroatoms. The predicted molar refractivity (Wildman–Crippen MR) is 151 cm³/mol. The van der Waals surface area contributed by atoms with E-state index in [1.165, 1.54) is 0 Å². The second-order valence-corrected chi connectivity index (χ2v) is 9.81. The summed E-state index contributed by atoms with van der Waals surface area (Å²) >= 11 is 0. The number of piperazine rings is 1. The summed E-state index contributed by atoms with van der Waals surface area (Å²) in [6, 6.07) is 13.5. The summed E-state index contributed by atoms with van der Waals surface area (Å²) in [5, 5.41) is 2.99. The first-order valence-corrected chi connectivity index (χ1v) is 13.4. The molecule has 1 fully saturated rings. The van der Waals surface area contributed by atoms with Crippen LogP contribution in [0.15, 0.2) is 42.5 Å². The summed E-state index contributed by atoms with van der Waals surface area (Å²) in [7, 11) is 1.61. The first kappa shape index (κ1) is 29.1. The van der Waals surface area contributed by atoms with Crippen molar-refractivity contribution in [2.45, 2.75) is 46.7 Å². The van der Waals surface area contributed by atoms with Gasteiger partial charge in [-0.3, -0.25) is 4.90 Å². The van der Waals surface area contributed by atoms with Crippen LogP contribution in [0, 0.1) is 0 Å². The number of methoxy groups -OCH3 is 1. The summed E-state index contributed by atoms with van der Waals surface area (Å²) in [4.78, 5) is 31.4. The van der Waals surface area contributed by atoms with Gasteiger partial charge in [0.2, 0.25) is 0 Å². The average molecular weight is 527 g/mol. The number of carbonyl (C=O) groups excluding carboxylic acids is 2. The Morgan fingerprint density at radius 3 is 2.32 bits per heavy atom. The normalized spacial score (nSPS) is 13.7. The quantitative estimate of drug-likeness (QED) is 0.424. The largest absolute Gasteiger partial charge is 0.493 e. The molecule has 2 amide bonds. The molecule has 3 rings (SSSR count). The number of hydrogen-bond donors (Lipinski definition) is 1. The number of amides is 2. The van der Waals surface area contributed by atoms with Crippen molar-refractivity contribution >= 4 is 23.4 Å². The van der Waals surface area contributed by atoms with Gasteiger partial charge >= 0.3 is 12.0 Å². The highest BCUT2D eigenvalue weighted by atomic mass is 16.5. The number of rotatable bonds is 11. The van der Waals surface area contributed by atoms with Crippen LogP contribution < -0.4 is 19.7 Å². The Kier molecular flexibility index (Phi) is 10.6. The smallest absolute Gasteiger partial charge is 0.338 e. The SMILES string of the molecule is CCOC(=O)c1cccc(N2CCN(C(=O)Nc3ccc(OC)c(OCCN(C(C)C)C(C)C)c3)CC2)c1. The van der Waals surface area contributed by atoms with E-state index in [1.807, 2.05) is 36.4 Å². The van der Waals surface area contributed by atoms with Gasteiger partial charge in [0.25, 0.3) is 0 Å². The fourth-order valence-corrected chi connectivity index (χ4v) is 4.66. The molecule has 0 saturated carbocycles. The molecule has 0 spiro atoms. The maximum Gasteiger partial charge on any atom is 0.338 e. The zero-order chi connectivity index (χ0) is 27.7. The van der Waals surface area contributed by atoms with Gasteiger partial charge in [0.05, 0.1) is 19.3 Å². The summed E-state index contributed by atoms with van der Waals surface area (Å²) in [6.07, 6.45) is 0. The van der Waals surface area contributed by atoms with Gasteiger partial charge in [0.15, 0.2) is 11.5 Å². The second-order valence-electron chi connectivity index (χ2n) is 9.81. The van der Waals surface area contributed by atoms with E-state index in [0.717, 1.165) is 12.2 Å². The minimum atomic E-state index is -0.327. The lowest BCUT2D eigenvalue weighted by Crippen LogP contribution is -2.50. The highest BCUT2D eigenvalue weighted by Gasteiger charge is 2.22. The lowest BCUT2D eigenvalue weighted by molar-refractivity contribution is 0.0526. The first-order valence-electron chi connectivity index (χ1n) is 13.4. The first-order chi connectivity index (χ1) is 18.2. The molecule has 208 valence electrons. The van der Waals surface area contributed by atoms with Crippen molar-refractivity contribution in [2.75, 3.05) is 63.3 Å². The molecule has 0 unspecified atom stereocenters. The van der Waals surface area contributed by atoms with Gasteiger partial charge in [-0.1, -0.05) is 6.07 Å². The molecular formula is C29H42N4O5. The van der Waals surface area contributed by atoms with E-state index in [4.69, 9.17) is 14.2 Å². The molecule has 9 nitrogen and oxygen atoms in total. The Hall–Kier alpha value is -3.46. The Labute approximate surface area is 226 Å². The van der Waals surface area contributed by atoms with Crippen molar-refractivity contribution < 1.29 is 23.8 Å². The van der Waals surface area contributed by atoms with Crippen LogP contribution in [0.25, 0.3) is 0 Å². The lowest BCUT2D eigenvalue weighted by atomic mass is 10.1. The third-order valence-electron chi connectivity index (χ3n) is 6.64. The third-order valence-corrected chi connectivity index (χ3v) is 6.64. The zero-order valence-corrected chi connectivity index (χ0v) is 23.5. The van der Waals surface area contributed by atoms with Crippen molar-refractivity contribution in [1.29, 1.82) is 0 Å². The topological polar surface area (TPSA) is 83.6 Å². The van der Waals surface area contributed by atoms with Crippen LogP contribution in [0.2, 0.25) is 0 Å². The van der Waals surface area contributed by atoms with Crippen molar-refractivity contribution in [2.24, 2.45) is 0 Å². The number of carbonyl (C=O) groups is 2. The van der Waals surface area contributed by atoms with Crippen LogP contribution in [-0.4, -0.2) is 86.9 Å². The second kappa shape index (κ2) is 13.9. The minimum absolute atomic E-state index is 0.160. The molecule has 2 aromatic carbocycles. The lowest BCUT2D eigenvalue weighted by Gasteiger charge is -2.36. The van der Waals surface area contributed by atoms with Crippen LogP contribution in [0.1, 0.15) is 45.0 Å². The Morgan fingerprint density at radius 1 is 0.974 bits per heavy atom. The van der Waals surface area contributed by atoms with E-state index in [2.05, 4.69) is 42.8 Å². The molecule has 0 atom stereocenters. The summed E-state index contributed by atoms with van der Waals surface area (Å²) in [5.41, 5.74) is 2.13. The molecule has 38 heavy (non-hydrogen) atoms. The number of nitrogens with one attached hydrogen (secondary N) is 1. The monoisotopic (exact) mass is 526 g/mol. The van der Waals surface area contributed by atoms with Gasteiger partial charge in [-0.2, -0.15) is 0 Å². The molecule has 1 aliphatic rings. The highest BCUT2D eigenvalue weighted by Crippen LogP contribution is 2.30. The van der Waals surface area contributed by atoms with E-state index < -0.39 is 0 Å². The zero-order valence-electron chi connectivity index (χ0n) is 23.5. The summed E-state index contributed by atoms with van der Waals surface area (Å²) in [5.74, 6) is 0.902. The third kappa shape index (κ3) is 7.77. The van der Waals surface area contributed by atoms with Crippen molar-refractivity contribution in [3.63, 3.8) is 0 Å². The van der Waals surface area contributed by atoms with Crippen LogP contribution in [-0.2, 0) is 4.74 Å². The number of ether oxygens (including phenoxy) is 3. The Balaban J connectivity index is 1.56. The standard InChI is InChI=1S/C29H42N4O5/c1-7-37-28(34)23-9-8-10-25(19-23)31-13-15-32(16-14-31)29(35)30-24-11-12-26(36-6)27(20-24)38-18-17-33(21(2)3)22(4)5/h8-12,19-22H,7,13-18H2,1-6H3,(H,30,35). The van der Waals surface area contributed by atoms with Crippen molar-refractivity contribution in [3.05, 3.63) is 48.0 Å². The van der Waals surface area contributed by atoms with E-state index >= 15 is 0 Å². The molecule has 2 aromatic rings. The van der Waals surface area contributed by atoms with E-state index in [1.54, 1.807) is 25.0 Å². The molecule has 1 aliphatic heterocycles. The maximum absolute atomic E-state index is 13.0. The van der Waals surface area contributed by atoms with Crippen LogP contribution >= 0.6 is 0 Å². The predicted octanol–water partition coefficient (Wildman–Crippen LogP) is 4.72. The molecule has 0 aromatic heterocycles. The number of urea groups is 1. The molecular weight excluding hydrogens is 484 g/mol. The average Bonchev–Trinajstić information content (AvgIpc) is 2.91. The van der Waals surface area contributed by atoms with Crippen LogP contribution in [0.4, 0.5) is 16.2 Å². The molecule has 0 aliphatic carbocycles. The molecule has 1 heterocycles. The van der Waals surface area contributed by atoms with Gasteiger partial charge in [0, 0.05) is 62.2 Å². The fraction of sp³-hybridized carbons (Fsp3) is 0.517. The maximum atomic E-state index is 13.0. The number of hydrogen-bond acceptors (Lipinski definition) is 7. The Bertz CT molecular complexity index is 1060. The summed E-state index contributed by atoms with van der Waals surface area (Å²) < 4.78 is 16.6. The van der Waals surface area contributed by atoms with Crippen molar-refractivity contribution in [3.8, 4) is 11.5 Å². The molecule has 0 bridgehead atoms. The van der Waals surface area contributed by atoms with Gasteiger partial charge < -0.3 is 29.3 Å². The highest BCUT2D eigenvalue weighted by molar-refractivity contribution is 5.91. The summed E-state index contributed by atoms with van der Waals surface area (Å²) in [6.45, 7) is 14.6. The fourth-order valence-electron chi connectivity index (χ4n) is 4.66. The van der Waals surface area contributed by atoms with Gasteiger partial charge in [-0.05, 0) is 65.0 Å². The van der Waals surface area contributed by atoms with E-state index in [0.29, 0.717) is 74.2 Å². The van der Waals surface area contributed by atoms with Gasteiger partial charge in [0.1, 0.15) is 6.61 Å². The van der Waals surface area contributed by atoms with Crippen LogP contribution in [0.3, 0.4) is 0 Å². The van der Waals surface area contributed by atoms with Crippen molar-refractivity contribution in [1.82, 2.24) is 9.80 Å². The number of benzene rings is 2. The Morgan fingerprint density at radius 2 is 1.68 bits per heavy atom. The number of anilines is 2. The molecule has 1 N–H and O–H groups in total. The molecule has 0 radical (unpaired) electrons. The minimum Gasteiger partial charge on any atom is -0.493 e.